The lowest BCUT2D eigenvalue weighted by Crippen LogP contribution is -1.97. The van der Waals surface area contributed by atoms with Crippen LogP contribution < -0.4 is 4.74 Å². The maximum absolute atomic E-state index is 13.2. The summed E-state index contributed by atoms with van der Waals surface area (Å²) in [6.45, 7) is 5.95. The zero-order valence-electron chi connectivity index (χ0n) is 9.73. The molecule has 0 aliphatic heterocycles. The predicted octanol–water partition coefficient (Wildman–Crippen LogP) is 3.95. The average molecular weight is 216 g/mol. The highest BCUT2D eigenvalue weighted by Crippen LogP contribution is 2.22. The van der Waals surface area contributed by atoms with Gasteiger partial charge in [-0.1, -0.05) is 27.2 Å². The van der Waals surface area contributed by atoms with E-state index in [0.717, 1.165) is 0 Å². The van der Waals surface area contributed by atoms with Gasteiger partial charge in [-0.05, 0) is 18.6 Å². The smallest absolute Gasteiger partial charge is 0.171 e. The van der Waals surface area contributed by atoms with Crippen LogP contribution in [0.15, 0.2) is 12.1 Å². The highest BCUT2D eigenvalue weighted by Gasteiger charge is 2.11. The van der Waals surface area contributed by atoms with Crippen molar-refractivity contribution in [1.29, 1.82) is 0 Å². The molecule has 0 bridgehead atoms. The Bertz CT molecular complexity index is 298. The third-order valence-corrected chi connectivity index (χ3v) is 1.72. The van der Waals surface area contributed by atoms with E-state index >= 15 is 0 Å². The fourth-order valence-electron chi connectivity index (χ4n) is 1.06. The molecule has 0 N–H and O–H groups in total. The topological polar surface area (TPSA) is 9.23 Å². The zero-order chi connectivity index (χ0) is 11.8. The van der Waals surface area contributed by atoms with Gasteiger partial charge in [0.1, 0.15) is 5.82 Å². The largest absolute Gasteiger partial charge is 0.494 e. The molecular weight excluding hydrogens is 198 g/mol. The van der Waals surface area contributed by atoms with Crippen molar-refractivity contribution in [3.8, 4) is 5.75 Å². The molecule has 0 spiro atoms. The van der Waals surface area contributed by atoms with Gasteiger partial charge in [0, 0.05) is 5.56 Å². The Labute approximate surface area is 90.1 Å². The van der Waals surface area contributed by atoms with Crippen LogP contribution in [0.4, 0.5) is 8.78 Å². The molecule has 86 valence electrons. The first kappa shape index (κ1) is 13.9. The quantitative estimate of drug-likeness (QED) is 0.727. The molecule has 0 radical (unpaired) electrons. The van der Waals surface area contributed by atoms with E-state index in [9.17, 15) is 8.78 Å². The minimum absolute atomic E-state index is 0.0781. The molecular formula is C12H18F2O. The summed E-state index contributed by atoms with van der Waals surface area (Å²) in [7, 11) is 1.36. The fourth-order valence-corrected chi connectivity index (χ4v) is 1.06. The molecule has 0 fully saturated rings. The molecule has 0 aromatic heterocycles. The number of ether oxygens (including phenoxy) is 1. The van der Waals surface area contributed by atoms with Gasteiger partial charge in [0.15, 0.2) is 11.6 Å². The lowest BCUT2D eigenvalue weighted by atomic mass is 10.1. The molecule has 0 saturated carbocycles. The summed E-state index contributed by atoms with van der Waals surface area (Å²) in [5.41, 5.74) is 0.0781. The Kier molecular flexibility index (Phi) is 6.67. The molecule has 0 aliphatic rings. The Hall–Kier alpha value is -1.12. The Balaban J connectivity index is 0.000000583. The molecule has 0 heterocycles. The standard InChI is InChI=1S/C9H10F2O.C3H8/c1-3-6-7(10)4-5-8(12-2)9(6)11;1-3-2/h4-5H,3H2,1-2H3;3H2,1-2H3. The second-order valence-corrected chi connectivity index (χ2v) is 3.10. The van der Waals surface area contributed by atoms with Crippen molar-refractivity contribution in [3.05, 3.63) is 29.3 Å². The van der Waals surface area contributed by atoms with Crippen LogP contribution >= 0.6 is 0 Å². The number of hydrogen-bond donors (Lipinski definition) is 0. The van der Waals surface area contributed by atoms with Crippen molar-refractivity contribution < 1.29 is 13.5 Å². The highest BCUT2D eigenvalue weighted by atomic mass is 19.1. The van der Waals surface area contributed by atoms with Crippen LogP contribution in [0.3, 0.4) is 0 Å². The van der Waals surface area contributed by atoms with Gasteiger partial charge >= 0.3 is 0 Å². The lowest BCUT2D eigenvalue weighted by molar-refractivity contribution is 0.381. The number of hydrogen-bond acceptors (Lipinski definition) is 1. The van der Waals surface area contributed by atoms with Crippen LogP contribution in [0, 0.1) is 11.6 Å². The molecule has 0 aliphatic carbocycles. The van der Waals surface area contributed by atoms with Gasteiger partial charge in [-0.15, -0.1) is 0 Å². The van der Waals surface area contributed by atoms with E-state index in [0.29, 0.717) is 6.42 Å². The molecule has 1 aromatic carbocycles. The maximum atomic E-state index is 13.2. The van der Waals surface area contributed by atoms with E-state index in [-0.39, 0.29) is 11.3 Å². The molecule has 1 nitrogen and oxygen atoms in total. The highest BCUT2D eigenvalue weighted by molar-refractivity contribution is 5.32. The predicted molar refractivity (Wildman–Crippen MR) is 58.3 cm³/mol. The maximum Gasteiger partial charge on any atom is 0.171 e. The minimum Gasteiger partial charge on any atom is -0.494 e. The molecule has 1 aromatic rings. The first-order valence-corrected chi connectivity index (χ1v) is 5.13. The monoisotopic (exact) mass is 216 g/mol. The second kappa shape index (κ2) is 7.21. The van der Waals surface area contributed by atoms with Gasteiger partial charge in [0.2, 0.25) is 0 Å². The summed E-state index contributed by atoms with van der Waals surface area (Å²) < 4.78 is 30.7. The van der Waals surface area contributed by atoms with Crippen molar-refractivity contribution in [3.63, 3.8) is 0 Å². The summed E-state index contributed by atoms with van der Waals surface area (Å²) in [5.74, 6) is -1.02. The van der Waals surface area contributed by atoms with Gasteiger partial charge in [0.05, 0.1) is 7.11 Å². The Morgan fingerprint density at radius 2 is 1.67 bits per heavy atom. The van der Waals surface area contributed by atoms with Crippen LogP contribution in [-0.4, -0.2) is 7.11 Å². The van der Waals surface area contributed by atoms with Gasteiger partial charge in [-0.25, -0.2) is 8.78 Å². The molecule has 0 atom stereocenters. The SMILES string of the molecule is CCC.CCc1c(F)ccc(OC)c1F. The van der Waals surface area contributed by atoms with E-state index in [2.05, 4.69) is 13.8 Å². The first-order valence-electron chi connectivity index (χ1n) is 5.13. The van der Waals surface area contributed by atoms with Crippen molar-refractivity contribution in [2.24, 2.45) is 0 Å². The van der Waals surface area contributed by atoms with Gasteiger partial charge in [-0.3, -0.25) is 0 Å². The summed E-state index contributed by atoms with van der Waals surface area (Å²) in [6, 6.07) is 2.49. The van der Waals surface area contributed by atoms with Gasteiger partial charge < -0.3 is 4.74 Å². The molecule has 0 unspecified atom stereocenters. The third-order valence-electron chi connectivity index (χ3n) is 1.72. The van der Waals surface area contributed by atoms with E-state index in [1.807, 2.05) is 0 Å². The Morgan fingerprint density at radius 1 is 1.13 bits per heavy atom. The summed E-state index contributed by atoms with van der Waals surface area (Å²) >= 11 is 0. The van der Waals surface area contributed by atoms with Crippen LogP contribution in [0.5, 0.6) is 5.75 Å². The van der Waals surface area contributed by atoms with Crippen LogP contribution in [0.1, 0.15) is 32.8 Å². The van der Waals surface area contributed by atoms with E-state index in [1.54, 1.807) is 6.92 Å². The van der Waals surface area contributed by atoms with Gasteiger partial charge in [0.25, 0.3) is 0 Å². The van der Waals surface area contributed by atoms with E-state index in [1.165, 1.54) is 25.7 Å². The zero-order valence-corrected chi connectivity index (χ0v) is 9.73. The molecule has 3 heteroatoms. The van der Waals surface area contributed by atoms with Crippen molar-refractivity contribution >= 4 is 0 Å². The average Bonchev–Trinajstić information content (AvgIpc) is 2.20. The van der Waals surface area contributed by atoms with E-state index < -0.39 is 11.6 Å². The van der Waals surface area contributed by atoms with Crippen molar-refractivity contribution in [2.45, 2.75) is 33.6 Å². The Morgan fingerprint density at radius 3 is 2.07 bits per heavy atom. The van der Waals surface area contributed by atoms with Crippen LogP contribution in [0.25, 0.3) is 0 Å². The summed E-state index contributed by atoms with van der Waals surface area (Å²) in [6.07, 6.45) is 1.58. The second-order valence-electron chi connectivity index (χ2n) is 3.10. The third kappa shape index (κ3) is 3.86. The molecule has 15 heavy (non-hydrogen) atoms. The number of methoxy groups -OCH3 is 1. The van der Waals surface area contributed by atoms with Crippen molar-refractivity contribution in [2.75, 3.05) is 7.11 Å². The normalized spacial score (nSPS) is 9.20. The van der Waals surface area contributed by atoms with Crippen LogP contribution in [-0.2, 0) is 6.42 Å². The lowest BCUT2D eigenvalue weighted by Gasteiger charge is -2.05. The summed E-state index contributed by atoms with van der Waals surface area (Å²) in [5, 5.41) is 0. The number of halogens is 2. The fraction of sp³-hybridized carbons (Fsp3) is 0.500. The molecule has 0 saturated heterocycles. The van der Waals surface area contributed by atoms with Crippen LogP contribution in [0.2, 0.25) is 0 Å². The van der Waals surface area contributed by atoms with Crippen molar-refractivity contribution in [1.82, 2.24) is 0 Å². The molecule has 1 rings (SSSR count). The first-order chi connectivity index (χ1) is 7.12. The number of rotatable bonds is 2. The molecule has 0 amide bonds. The van der Waals surface area contributed by atoms with Gasteiger partial charge in [-0.2, -0.15) is 0 Å². The minimum atomic E-state index is -0.597. The van der Waals surface area contributed by atoms with E-state index in [4.69, 9.17) is 4.74 Å². The summed E-state index contributed by atoms with van der Waals surface area (Å²) in [4.78, 5) is 0. The number of benzene rings is 1.